The van der Waals surface area contributed by atoms with Crippen LogP contribution in [0.1, 0.15) is 35.0 Å². The van der Waals surface area contributed by atoms with Gasteiger partial charge in [0.1, 0.15) is 5.69 Å². The van der Waals surface area contributed by atoms with Crippen LogP contribution in [-0.4, -0.2) is 22.3 Å². The van der Waals surface area contributed by atoms with Gasteiger partial charge in [0.25, 0.3) is 5.91 Å². The van der Waals surface area contributed by atoms with Crippen LogP contribution in [0.3, 0.4) is 0 Å². The number of carbonyl (C=O) groups excluding carboxylic acids is 1. The Morgan fingerprint density at radius 3 is 2.52 bits per heavy atom. The molecule has 1 heterocycles. The minimum atomic E-state index is -0.632. The van der Waals surface area contributed by atoms with Gasteiger partial charge in [0.05, 0.1) is 0 Å². The molecule has 0 bridgehead atoms. The molecule has 0 saturated heterocycles. The van der Waals surface area contributed by atoms with Crippen LogP contribution in [0.5, 0.6) is 0 Å². The lowest BCUT2D eigenvalue weighted by atomic mass is 10.1. The van der Waals surface area contributed by atoms with E-state index < -0.39 is 5.95 Å². The molecule has 3 nitrogen and oxygen atoms in total. The molecule has 0 fully saturated rings. The molecule has 0 unspecified atom stereocenters. The van der Waals surface area contributed by atoms with Crippen LogP contribution in [-0.2, 0) is 6.54 Å². The third-order valence-electron chi connectivity index (χ3n) is 3.21. The summed E-state index contributed by atoms with van der Waals surface area (Å²) in [6.07, 6.45) is 0.840. The van der Waals surface area contributed by atoms with E-state index in [4.69, 9.17) is 0 Å². The predicted octanol–water partition coefficient (Wildman–Crippen LogP) is 3.58. The summed E-state index contributed by atoms with van der Waals surface area (Å²) in [6.45, 7) is 5.15. The standard InChI is InChI=1S/C17H19FN2O/c1-3-11-20(12-14-9-7-13(2)8-10-14)17(21)15-5-4-6-16(18)19-15/h4-10H,3,11-12H2,1-2H3. The number of halogens is 1. The van der Waals surface area contributed by atoms with Crippen molar-refractivity contribution in [3.8, 4) is 0 Å². The van der Waals surface area contributed by atoms with Gasteiger partial charge in [-0.3, -0.25) is 4.79 Å². The highest BCUT2D eigenvalue weighted by atomic mass is 19.1. The Labute approximate surface area is 124 Å². The fourth-order valence-corrected chi connectivity index (χ4v) is 2.13. The third kappa shape index (κ3) is 4.12. The number of aromatic nitrogens is 1. The minimum Gasteiger partial charge on any atom is -0.333 e. The second-order valence-electron chi connectivity index (χ2n) is 5.06. The summed E-state index contributed by atoms with van der Waals surface area (Å²) >= 11 is 0. The maximum atomic E-state index is 13.2. The molecule has 0 aliphatic rings. The van der Waals surface area contributed by atoms with E-state index in [1.54, 1.807) is 11.0 Å². The van der Waals surface area contributed by atoms with Crippen molar-refractivity contribution < 1.29 is 9.18 Å². The van der Waals surface area contributed by atoms with E-state index in [2.05, 4.69) is 4.98 Å². The Hall–Kier alpha value is -2.23. The van der Waals surface area contributed by atoms with Gasteiger partial charge in [-0.05, 0) is 31.0 Å². The highest BCUT2D eigenvalue weighted by Gasteiger charge is 2.17. The van der Waals surface area contributed by atoms with Crippen molar-refractivity contribution in [1.82, 2.24) is 9.88 Å². The van der Waals surface area contributed by atoms with Crippen LogP contribution in [0, 0.1) is 12.9 Å². The molecule has 1 amide bonds. The molecule has 0 atom stereocenters. The van der Waals surface area contributed by atoms with Gasteiger partial charge >= 0.3 is 0 Å². The lowest BCUT2D eigenvalue weighted by Crippen LogP contribution is -2.32. The first kappa shape index (κ1) is 15.2. The van der Waals surface area contributed by atoms with Crippen molar-refractivity contribution in [3.63, 3.8) is 0 Å². The number of nitrogens with zero attached hydrogens (tertiary/aromatic N) is 2. The van der Waals surface area contributed by atoms with E-state index >= 15 is 0 Å². The minimum absolute atomic E-state index is 0.149. The number of amides is 1. The molecule has 0 aliphatic heterocycles. The number of aryl methyl sites for hydroxylation is 1. The van der Waals surface area contributed by atoms with Crippen LogP contribution in [0.25, 0.3) is 0 Å². The van der Waals surface area contributed by atoms with E-state index in [1.165, 1.54) is 17.7 Å². The normalized spacial score (nSPS) is 10.4. The summed E-state index contributed by atoms with van der Waals surface area (Å²) in [5, 5.41) is 0. The molecule has 1 aromatic heterocycles. The number of hydrogen-bond acceptors (Lipinski definition) is 2. The van der Waals surface area contributed by atoms with Gasteiger partial charge in [-0.15, -0.1) is 0 Å². The number of carbonyl (C=O) groups is 1. The van der Waals surface area contributed by atoms with Crippen molar-refractivity contribution in [1.29, 1.82) is 0 Å². The quantitative estimate of drug-likeness (QED) is 0.787. The average Bonchev–Trinajstić information content (AvgIpc) is 2.48. The topological polar surface area (TPSA) is 33.2 Å². The smallest absolute Gasteiger partial charge is 0.272 e. The van der Waals surface area contributed by atoms with Crippen LogP contribution < -0.4 is 0 Å². The Bertz CT molecular complexity index is 610. The zero-order valence-electron chi connectivity index (χ0n) is 12.3. The first-order chi connectivity index (χ1) is 10.1. The second-order valence-corrected chi connectivity index (χ2v) is 5.06. The molecular weight excluding hydrogens is 267 g/mol. The largest absolute Gasteiger partial charge is 0.333 e. The first-order valence-corrected chi connectivity index (χ1v) is 7.07. The molecular formula is C17H19FN2O. The van der Waals surface area contributed by atoms with Crippen LogP contribution in [0.4, 0.5) is 4.39 Å². The Morgan fingerprint density at radius 2 is 1.90 bits per heavy atom. The molecule has 0 radical (unpaired) electrons. The Morgan fingerprint density at radius 1 is 1.19 bits per heavy atom. The van der Waals surface area contributed by atoms with Crippen molar-refractivity contribution in [2.24, 2.45) is 0 Å². The monoisotopic (exact) mass is 286 g/mol. The van der Waals surface area contributed by atoms with Gasteiger partial charge < -0.3 is 4.90 Å². The summed E-state index contributed by atoms with van der Waals surface area (Å²) in [6, 6.07) is 12.3. The molecule has 0 aliphatic carbocycles. The van der Waals surface area contributed by atoms with E-state index in [0.29, 0.717) is 13.1 Å². The summed E-state index contributed by atoms with van der Waals surface area (Å²) in [5.41, 5.74) is 2.38. The van der Waals surface area contributed by atoms with Gasteiger partial charge in [-0.25, -0.2) is 4.98 Å². The van der Waals surface area contributed by atoms with Gasteiger partial charge in [-0.2, -0.15) is 4.39 Å². The third-order valence-corrected chi connectivity index (χ3v) is 3.21. The second kappa shape index (κ2) is 6.97. The summed E-state index contributed by atoms with van der Waals surface area (Å²) in [4.78, 5) is 17.8. The van der Waals surface area contributed by atoms with E-state index in [1.807, 2.05) is 38.1 Å². The molecule has 110 valence electrons. The van der Waals surface area contributed by atoms with E-state index in [9.17, 15) is 9.18 Å². The van der Waals surface area contributed by atoms with Crippen molar-refractivity contribution in [2.75, 3.05) is 6.54 Å². The summed E-state index contributed by atoms with van der Waals surface area (Å²) < 4.78 is 13.2. The number of rotatable bonds is 5. The zero-order valence-corrected chi connectivity index (χ0v) is 12.3. The Balaban J connectivity index is 2.18. The fourth-order valence-electron chi connectivity index (χ4n) is 2.13. The molecule has 2 aromatic rings. The molecule has 1 aromatic carbocycles. The number of pyridine rings is 1. The molecule has 0 spiro atoms. The average molecular weight is 286 g/mol. The van der Waals surface area contributed by atoms with Crippen molar-refractivity contribution >= 4 is 5.91 Å². The highest BCUT2D eigenvalue weighted by Crippen LogP contribution is 2.11. The maximum absolute atomic E-state index is 13.2. The van der Waals surface area contributed by atoms with Crippen LogP contribution in [0.2, 0.25) is 0 Å². The summed E-state index contributed by atoms with van der Waals surface area (Å²) in [7, 11) is 0. The van der Waals surface area contributed by atoms with Gasteiger partial charge in [0.15, 0.2) is 0 Å². The zero-order chi connectivity index (χ0) is 15.2. The molecule has 0 saturated carbocycles. The van der Waals surface area contributed by atoms with Gasteiger partial charge in [0, 0.05) is 13.1 Å². The van der Waals surface area contributed by atoms with Crippen LogP contribution >= 0.6 is 0 Å². The number of hydrogen-bond donors (Lipinski definition) is 0. The fraction of sp³-hybridized carbons (Fsp3) is 0.294. The Kier molecular flexibility index (Phi) is 5.04. The highest BCUT2D eigenvalue weighted by molar-refractivity contribution is 5.92. The van der Waals surface area contributed by atoms with Crippen LogP contribution in [0.15, 0.2) is 42.5 Å². The molecule has 2 rings (SSSR count). The summed E-state index contributed by atoms with van der Waals surface area (Å²) in [5.74, 6) is -0.871. The number of benzene rings is 1. The molecule has 0 N–H and O–H groups in total. The lowest BCUT2D eigenvalue weighted by molar-refractivity contribution is 0.0736. The lowest BCUT2D eigenvalue weighted by Gasteiger charge is -2.22. The van der Waals surface area contributed by atoms with Gasteiger partial charge in [-0.1, -0.05) is 42.8 Å². The molecule has 21 heavy (non-hydrogen) atoms. The maximum Gasteiger partial charge on any atom is 0.272 e. The van der Waals surface area contributed by atoms with Crippen molar-refractivity contribution in [3.05, 3.63) is 65.2 Å². The van der Waals surface area contributed by atoms with E-state index in [-0.39, 0.29) is 11.6 Å². The predicted molar refractivity (Wildman–Crippen MR) is 80.4 cm³/mol. The van der Waals surface area contributed by atoms with E-state index in [0.717, 1.165) is 12.0 Å². The van der Waals surface area contributed by atoms with Crippen molar-refractivity contribution in [2.45, 2.75) is 26.8 Å². The first-order valence-electron chi connectivity index (χ1n) is 7.07. The molecule has 4 heteroatoms. The van der Waals surface area contributed by atoms with Gasteiger partial charge in [0.2, 0.25) is 5.95 Å². The SMILES string of the molecule is CCCN(Cc1ccc(C)cc1)C(=O)c1cccc(F)n1.